The van der Waals surface area contributed by atoms with Crippen LogP contribution in [0.5, 0.6) is 5.75 Å². The van der Waals surface area contributed by atoms with Gasteiger partial charge in [0.25, 0.3) is 0 Å². The monoisotopic (exact) mass is 532 g/mol. The molecule has 13 heteroatoms. The van der Waals surface area contributed by atoms with Crippen molar-refractivity contribution in [3.8, 4) is 5.75 Å². The van der Waals surface area contributed by atoms with Crippen molar-refractivity contribution in [3.63, 3.8) is 0 Å². The fourth-order valence-electron chi connectivity index (χ4n) is 3.71. The minimum Gasteiger partial charge on any atom is -0.508 e. The van der Waals surface area contributed by atoms with Gasteiger partial charge in [-0.3, -0.25) is 14.4 Å². The number of hydrogen-bond donors (Lipinski definition) is 8. The fourth-order valence-corrected chi connectivity index (χ4v) is 3.71. The van der Waals surface area contributed by atoms with Crippen LogP contribution in [0.1, 0.15) is 38.4 Å². The van der Waals surface area contributed by atoms with E-state index in [0.717, 1.165) is 0 Å². The van der Waals surface area contributed by atoms with E-state index in [2.05, 4.69) is 25.9 Å². The van der Waals surface area contributed by atoms with Gasteiger partial charge in [-0.05, 0) is 37.0 Å². The molecule has 0 fully saturated rings. The Morgan fingerprint density at radius 3 is 2.11 bits per heavy atom. The fraction of sp³-hybridized carbons (Fsp3) is 0.480. The molecule has 38 heavy (non-hydrogen) atoms. The molecule has 0 aliphatic rings. The zero-order valence-corrected chi connectivity index (χ0v) is 21.5. The summed E-state index contributed by atoms with van der Waals surface area (Å²) in [7, 11) is 0. The van der Waals surface area contributed by atoms with Crippen LogP contribution < -0.4 is 21.7 Å². The molecule has 0 spiro atoms. The van der Waals surface area contributed by atoms with Crippen LogP contribution in [0.3, 0.4) is 0 Å². The van der Waals surface area contributed by atoms with Crippen molar-refractivity contribution in [1.29, 1.82) is 0 Å². The number of aromatic nitrogens is 2. The van der Waals surface area contributed by atoms with Crippen molar-refractivity contribution in [2.45, 2.75) is 70.3 Å². The SMILES string of the molecule is CC(C)CC(N)C(=O)NC(Cc1ccc(O)cc1)C(=O)NC(C(=O)NC(Cc1cnc[nH]1)C(=O)O)C(C)O. The Labute approximate surface area is 220 Å². The summed E-state index contributed by atoms with van der Waals surface area (Å²) in [5.74, 6) is -3.45. The second kappa shape index (κ2) is 14.1. The maximum Gasteiger partial charge on any atom is 0.326 e. The normalized spacial score (nSPS) is 15.1. The molecule has 3 amide bonds. The number of nitrogens with two attached hydrogens (primary N) is 1. The summed E-state index contributed by atoms with van der Waals surface area (Å²) in [5.41, 5.74) is 7.04. The van der Waals surface area contributed by atoms with Gasteiger partial charge in [-0.25, -0.2) is 9.78 Å². The maximum absolute atomic E-state index is 13.3. The highest BCUT2D eigenvalue weighted by molar-refractivity contribution is 5.94. The number of benzene rings is 1. The van der Waals surface area contributed by atoms with Gasteiger partial charge in [0.1, 0.15) is 23.9 Å². The number of aromatic amines is 1. The molecule has 0 aliphatic carbocycles. The Kier molecular flexibility index (Phi) is 11.2. The molecule has 13 nitrogen and oxygen atoms in total. The lowest BCUT2D eigenvalue weighted by Gasteiger charge is -2.26. The number of amides is 3. The van der Waals surface area contributed by atoms with Crippen LogP contribution in [0.2, 0.25) is 0 Å². The van der Waals surface area contributed by atoms with Gasteiger partial charge in [0.05, 0.1) is 18.5 Å². The van der Waals surface area contributed by atoms with Crippen LogP contribution in [0, 0.1) is 5.92 Å². The Morgan fingerprint density at radius 2 is 1.58 bits per heavy atom. The van der Waals surface area contributed by atoms with Gasteiger partial charge in [0.2, 0.25) is 17.7 Å². The van der Waals surface area contributed by atoms with E-state index in [0.29, 0.717) is 17.7 Å². The molecule has 0 bridgehead atoms. The molecule has 1 aromatic carbocycles. The summed E-state index contributed by atoms with van der Waals surface area (Å²) in [6.07, 6.45) is 1.66. The molecule has 9 N–H and O–H groups in total. The smallest absolute Gasteiger partial charge is 0.326 e. The van der Waals surface area contributed by atoms with Crippen LogP contribution >= 0.6 is 0 Å². The van der Waals surface area contributed by atoms with E-state index in [1.54, 1.807) is 12.1 Å². The van der Waals surface area contributed by atoms with Gasteiger partial charge in [0.15, 0.2) is 0 Å². The highest BCUT2D eigenvalue weighted by atomic mass is 16.4. The largest absolute Gasteiger partial charge is 0.508 e. The number of rotatable bonds is 14. The molecular formula is C25H36N6O7. The zero-order valence-electron chi connectivity index (χ0n) is 21.5. The summed E-state index contributed by atoms with van der Waals surface area (Å²) in [6, 6.07) is 1.06. The second-order valence-corrected chi connectivity index (χ2v) is 9.58. The van der Waals surface area contributed by atoms with Gasteiger partial charge in [-0.1, -0.05) is 26.0 Å². The third kappa shape index (κ3) is 9.48. The molecule has 0 aliphatic heterocycles. The highest BCUT2D eigenvalue weighted by Crippen LogP contribution is 2.12. The predicted molar refractivity (Wildman–Crippen MR) is 137 cm³/mol. The average molecular weight is 533 g/mol. The summed E-state index contributed by atoms with van der Waals surface area (Å²) < 4.78 is 0. The molecule has 5 unspecified atom stereocenters. The van der Waals surface area contributed by atoms with Crippen molar-refractivity contribution < 1.29 is 34.5 Å². The molecule has 0 saturated heterocycles. The zero-order chi connectivity index (χ0) is 28.4. The Morgan fingerprint density at radius 1 is 0.947 bits per heavy atom. The van der Waals surface area contributed by atoms with Crippen molar-refractivity contribution in [2.24, 2.45) is 11.7 Å². The Bertz CT molecular complexity index is 1070. The topological polar surface area (TPSA) is 220 Å². The Hall–Kier alpha value is -3.97. The molecule has 2 rings (SSSR count). The summed E-state index contributed by atoms with van der Waals surface area (Å²) in [6.45, 7) is 5.06. The third-order valence-electron chi connectivity index (χ3n) is 5.73. The number of aliphatic hydroxyl groups is 1. The summed E-state index contributed by atoms with van der Waals surface area (Å²) in [5, 5.41) is 36.7. The van der Waals surface area contributed by atoms with Crippen molar-refractivity contribution >= 4 is 23.7 Å². The lowest BCUT2D eigenvalue weighted by molar-refractivity contribution is -0.143. The number of phenolic OH excluding ortho intramolecular Hbond substituents is 1. The van der Waals surface area contributed by atoms with Crippen LogP contribution in [-0.2, 0) is 32.0 Å². The van der Waals surface area contributed by atoms with E-state index in [4.69, 9.17) is 5.73 Å². The van der Waals surface area contributed by atoms with Crippen molar-refractivity contribution in [1.82, 2.24) is 25.9 Å². The van der Waals surface area contributed by atoms with E-state index in [1.807, 2.05) is 13.8 Å². The first-order valence-corrected chi connectivity index (χ1v) is 12.2. The number of H-pyrrole nitrogens is 1. The molecule has 0 saturated carbocycles. The minimum absolute atomic E-state index is 0.00201. The first kappa shape index (κ1) is 30.3. The molecular weight excluding hydrogens is 496 g/mol. The van der Waals surface area contributed by atoms with Gasteiger partial charge in [-0.2, -0.15) is 0 Å². The number of hydrogen-bond acceptors (Lipinski definition) is 8. The average Bonchev–Trinajstić information content (AvgIpc) is 3.35. The number of nitrogens with one attached hydrogen (secondary N) is 4. The quantitative estimate of drug-likeness (QED) is 0.152. The number of carbonyl (C=O) groups excluding carboxylic acids is 3. The lowest BCUT2D eigenvalue weighted by Crippen LogP contribution is -2.60. The number of aliphatic hydroxyl groups excluding tert-OH is 1. The second-order valence-electron chi connectivity index (χ2n) is 9.58. The number of aliphatic carboxylic acids is 1. The summed E-state index contributed by atoms with van der Waals surface area (Å²) >= 11 is 0. The standard InChI is InChI=1S/C25H36N6O7/c1-13(2)8-18(26)22(34)29-19(9-15-4-6-17(33)7-5-15)23(35)31-21(14(3)32)24(36)30-20(25(37)38)10-16-11-27-12-28-16/h4-7,11-14,18-21,32-33H,8-10,26H2,1-3H3,(H,27,28)(H,29,34)(H,30,36)(H,31,35)(H,37,38). The van der Waals surface area contributed by atoms with Crippen LogP contribution in [0.25, 0.3) is 0 Å². The van der Waals surface area contributed by atoms with Gasteiger partial charge >= 0.3 is 5.97 Å². The predicted octanol–water partition coefficient (Wildman–Crippen LogP) is -0.806. The lowest BCUT2D eigenvalue weighted by atomic mass is 10.0. The Balaban J connectivity index is 2.19. The number of carboxylic acids is 1. The third-order valence-corrected chi connectivity index (χ3v) is 5.73. The number of carbonyl (C=O) groups is 4. The summed E-state index contributed by atoms with van der Waals surface area (Å²) in [4.78, 5) is 57.1. The number of imidazole rings is 1. The van der Waals surface area contributed by atoms with E-state index in [9.17, 15) is 34.5 Å². The molecule has 0 radical (unpaired) electrons. The first-order chi connectivity index (χ1) is 17.9. The number of aromatic hydroxyl groups is 1. The van der Waals surface area contributed by atoms with Crippen LogP contribution in [0.4, 0.5) is 0 Å². The highest BCUT2D eigenvalue weighted by Gasteiger charge is 2.33. The minimum atomic E-state index is -1.52. The number of carboxylic acid groups (broad SMARTS) is 1. The van der Waals surface area contributed by atoms with Crippen molar-refractivity contribution in [2.75, 3.05) is 0 Å². The maximum atomic E-state index is 13.3. The molecule has 1 heterocycles. The van der Waals surface area contributed by atoms with Gasteiger partial charge in [0, 0.05) is 24.7 Å². The van der Waals surface area contributed by atoms with Gasteiger partial charge in [-0.15, -0.1) is 0 Å². The number of nitrogens with zero attached hydrogens (tertiary/aromatic N) is 1. The van der Waals surface area contributed by atoms with E-state index in [1.165, 1.54) is 31.6 Å². The molecule has 208 valence electrons. The van der Waals surface area contributed by atoms with Crippen molar-refractivity contribution in [3.05, 3.63) is 48.0 Å². The molecule has 2 aromatic rings. The van der Waals surface area contributed by atoms with E-state index < -0.39 is 54.0 Å². The van der Waals surface area contributed by atoms with E-state index >= 15 is 0 Å². The molecule has 1 aromatic heterocycles. The van der Waals surface area contributed by atoms with Crippen LogP contribution in [0.15, 0.2) is 36.8 Å². The molecule has 5 atom stereocenters. The number of phenols is 1. The van der Waals surface area contributed by atoms with Gasteiger partial charge < -0.3 is 42.0 Å². The first-order valence-electron chi connectivity index (χ1n) is 12.2. The van der Waals surface area contributed by atoms with E-state index in [-0.39, 0.29) is 24.5 Å². The van der Waals surface area contributed by atoms with Crippen LogP contribution in [-0.4, -0.2) is 79.2 Å².